The van der Waals surface area contributed by atoms with Crippen LogP contribution in [-0.2, 0) is 10.0 Å². The number of hydrogen-bond acceptors (Lipinski definition) is 9. The largest absolute Gasteiger partial charge is 0.481 e. The molecule has 0 saturated heterocycles. The third-order valence-corrected chi connectivity index (χ3v) is 4.82. The number of rotatable bonds is 5. The van der Waals surface area contributed by atoms with Crippen molar-refractivity contribution in [3.63, 3.8) is 0 Å². The van der Waals surface area contributed by atoms with Crippen molar-refractivity contribution in [1.82, 2.24) is 29.3 Å². The number of ether oxygens (including phenoxy) is 2. The van der Waals surface area contributed by atoms with E-state index >= 15 is 0 Å². The Hall–Kier alpha value is -3.19. The Morgan fingerprint density at radius 1 is 1.19 bits per heavy atom. The van der Waals surface area contributed by atoms with E-state index in [4.69, 9.17) is 21.1 Å². The summed E-state index contributed by atoms with van der Waals surface area (Å²) in [5, 5.41) is 5.21. The van der Waals surface area contributed by atoms with Crippen LogP contribution in [0.2, 0.25) is 5.15 Å². The molecule has 2 N–H and O–H groups in total. The molecule has 3 aromatic heterocycles. The fourth-order valence-electron chi connectivity index (χ4n) is 2.03. The number of sulfonamides is 1. The van der Waals surface area contributed by atoms with Gasteiger partial charge in [0.25, 0.3) is 10.0 Å². The molecule has 14 heteroatoms. The normalized spacial score (nSPS) is 11.2. The molecule has 27 heavy (non-hydrogen) atoms. The number of imidazole rings is 1. The van der Waals surface area contributed by atoms with Crippen LogP contribution in [0.3, 0.4) is 0 Å². The monoisotopic (exact) mass is 413 g/mol. The maximum Gasteiger partial charge on any atom is 0.335 e. The predicted octanol–water partition coefficient (Wildman–Crippen LogP) is 0.700. The van der Waals surface area contributed by atoms with Crippen LogP contribution in [-0.4, -0.2) is 53.2 Å². The minimum Gasteiger partial charge on any atom is -0.481 e. The number of fused-ring (bicyclic) bond motifs is 1. The molecule has 0 saturated carbocycles. The van der Waals surface area contributed by atoms with E-state index in [-0.39, 0.29) is 28.5 Å². The molecule has 12 nitrogen and oxygen atoms in total. The number of urea groups is 1. The van der Waals surface area contributed by atoms with Gasteiger partial charge in [0.15, 0.2) is 10.8 Å². The molecule has 0 radical (unpaired) electrons. The maximum atomic E-state index is 12.5. The molecule has 0 spiro atoms. The molecule has 0 unspecified atom stereocenters. The highest BCUT2D eigenvalue weighted by molar-refractivity contribution is 7.90. The first-order valence-electron chi connectivity index (χ1n) is 7.14. The van der Waals surface area contributed by atoms with E-state index in [2.05, 4.69) is 25.4 Å². The van der Waals surface area contributed by atoms with Gasteiger partial charge in [0.2, 0.25) is 22.7 Å². The van der Waals surface area contributed by atoms with E-state index < -0.39 is 21.1 Å². The van der Waals surface area contributed by atoms with Crippen LogP contribution in [0.15, 0.2) is 29.4 Å². The molecule has 2 amide bonds. The number of methoxy groups -OCH3 is 2. The molecule has 0 bridgehead atoms. The quantitative estimate of drug-likeness (QED) is 0.615. The summed E-state index contributed by atoms with van der Waals surface area (Å²) in [6, 6.07) is 3.31. The first-order chi connectivity index (χ1) is 12.8. The van der Waals surface area contributed by atoms with Gasteiger partial charge in [-0.3, -0.25) is 5.32 Å². The summed E-state index contributed by atoms with van der Waals surface area (Å²) in [6.07, 6.45) is 1.35. The fourth-order valence-corrected chi connectivity index (χ4v) is 3.53. The summed E-state index contributed by atoms with van der Waals surface area (Å²) >= 11 is 5.89. The lowest BCUT2D eigenvalue weighted by molar-refractivity contribution is 0.256. The number of aromatic nitrogens is 5. The average molecular weight is 414 g/mol. The van der Waals surface area contributed by atoms with Crippen molar-refractivity contribution in [3.8, 4) is 11.8 Å². The van der Waals surface area contributed by atoms with Gasteiger partial charge in [-0.1, -0.05) is 11.6 Å². The van der Waals surface area contributed by atoms with Crippen molar-refractivity contribution in [2.24, 2.45) is 0 Å². The highest BCUT2D eigenvalue weighted by atomic mass is 35.5. The number of nitrogens with one attached hydrogen (secondary N) is 2. The highest BCUT2D eigenvalue weighted by Gasteiger charge is 2.27. The molecule has 0 atom stereocenters. The molecule has 0 aliphatic rings. The summed E-state index contributed by atoms with van der Waals surface area (Å²) in [6.45, 7) is 0. The summed E-state index contributed by atoms with van der Waals surface area (Å²) in [5.41, 5.74) is 0.198. The van der Waals surface area contributed by atoms with E-state index in [1.165, 1.54) is 32.5 Å². The number of amides is 2. The number of carbonyl (C=O) groups excluding carboxylic acids is 1. The SMILES string of the molecule is COc1cc(OC)nc(NC(=O)NS(=O)(=O)c2c(Cl)nc3cccnn23)n1. The van der Waals surface area contributed by atoms with Crippen molar-refractivity contribution in [2.75, 3.05) is 19.5 Å². The zero-order valence-electron chi connectivity index (χ0n) is 13.9. The lowest BCUT2D eigenvalue weighted by atomic mass is 10.6. The number of halogens is 1. The Labute approximate surface area is 157 Å². The third kappa shape index (κ3) is 3.83. The van der Waals surface area contributed by atoms with Crippen molar-refractivity contribution < 1.29 is 22.7 Å². The second-order valence-electron chi connectivity index (χ2n) is 4.84. The topological polar surface area (TPSA) is 150 Å². The van der Waals surface area contributed by atoms with E-state index in [0.29, 0.717) is 0 Å². The second-order valence-corrected chi connectivity index (χ2v) is 6.79. The van der Waals surface area contributed by atoms with Gasteiger partial charge in [0.05, 0.1) is 20.3 Å². The minimum atomic E-state index is -4.40. The summed E-state index contributed by atoms with van der Waals surface area (Å²) in [4.78, 5) is 23.7. The molecule has 0 aromatic carbocycles. The van der Waals surface area contributed by atoms with Gasteiger partial charge in [0.1, 0.15) is 0 Å². The van der Waals surface area contributed by atoms with Crippen LogP contribution >= 0.6 is 11.6 Å². The lowest BCUT2D eigenvalue weighted by Crippen LogP contribution is -2.35. The van der Waals surface area contributed by atoms with Crippen LogP contribution in [0.25, 0.3) is 5.65 Å². The van der Waals surface area contributed by atoms with Crippen molar-refractivity contribution in [1.29, 1.82) is 0 Å². The molecule has 0 aliphatic carbocycles. The van der Waals surface area contributed by atoms with Gasteiger partial charge in [-0.25, -0.2) is 14.5 Å². The van der Waals surface area contributed by atoms with Crippen molar-refractivity contribution in [3.05, 3.63) is 29.5 Å². The van der Waals surface area contributed by atoms with Gasteiger partial charge >= 0.3 is 6.03 Å². The lowest BCUT2D eigenvalue weighted by Gasteiger charge is -2.09. The molecule has 0 aliphatic heterocycles. The first kappa shape index (κ1) is 18.6. The second kappa shape index (κ2) is 7.20. The predicted molar refractivity (Wildman–Crippen MR) is 92.5 cm³/mol. The van der Waals surface area contributed by atoms with Gasteiger partial charge in [-0.15, -0.1) is 0 Å². The zero-order chi connectivity index (χ0) is 19.6. The van der Waals surface area contributed by atoms with Gasteiger partial charge in [-0.05, 0) is 12.1 Å². The fraction of sp³-hybridized carbons (Fsp3) is 0.154. The third-order valence-electron chi connectivity index (χ3n) is 3.12. The first-order valence-corrected chi connectivity index (χ1v) is 9.00. The molecule has 3 rings (SSSR count). The number of hydrogen-bond donors (Lipinski definition) is 2. The Balaban J connectivity index is 1.86. The summed E-state index contributed by atoms with van der Waals surface area (Å²) in [5.74, 6) is -0.0238. The zero-order valence-corrected chi connectivity index (χ0v) is 15.4. The Kier molecular flexibility index (Phi) is 4.96. The molecule has 142 valence electrons. The Bertz CT molecular complexity index is 1100. The van der Waals surface area contributed by atoms with Crippen LogP contribution in [0.1, 0.15) is 0 Å². The molecule has 3 aromatic rings. The van der Waals surface area contributed by atoms with E-state index in [1.54, 1.807) is 10.8 Å². The minimum absolute atomic E-state index is 0.106. The summed E-state index contributed by atoms with van der Waals surface area (Å²) in [7, 11) is -1.69. The van der Waals surface area contributed by atoms with Crippen LogP contribution in [0.5, 0.6) is 11.8 Å². The Morgan fingerprint density at radius 3 is 2.48 bits per heavy atom. The highest BCUT2D eigenvalue weighted by Crippen LogP contribution is 2.21. The standard InChI is InChI=1S/C13H12ClN7O5S/c1-25-8-6-9(26-2)18-12(17-8)19-13(22)20-27(23,24)11-10(14)16-7-4-3-5-15-21(7)11/h3-6H,1-2H3,(H2,17,18,19,20,22). The number of anilines is 1. The van der Waals surface area contributed by atoms with Gasteiger partial charge in [0, 0.05) is 6.20 Å². The molecule has 0 fully saturated rings. The van der Waals surface area contributed by atoms with E-state index in [0.717, 1.165) is 4.52 Å². The van der Waals surface area contributed by atoms with Crippen molar-refractivity contribution in [2.45, 2.75) is 5.03 Å². The smallest absolute Gasteiger partial charge is 0.335 e. The van der Waals surface area contributed by atoms with Gasteiger partial charge in [-0.2, -0.15) is 28.0 Å². The van der Waals surface area contributed by atoms with Gasteiger partial charge < -0.3 is 9.47 Å². The van der Waals surface area contributed by atoms with Crippen LogP contribution in [0.4, 0.5) is 10.7 Å². The van der Waals surface area contributed by atoms with Crippen LogP contribution in [0, 0.1) is 0 Å². The molecule has 3 heterocycles. The Morgan fingerprint density at radius 2 is 1.85 bits per heavy atom. The summed E-state index contributed by atoms with van der Waals surface area (Å²) < 4.78 is 37.7. The molecular formula is C13H12ClN7O5S. The van der Waals surface area contributed by atoms with Crippen LogP contribution < -0.4 is 19.5 Å². The van der Waals surface area contributed by atoms with E-state index in [9.17, 15) is 13.2 Å². The maximum absolute atomic E-state index is 12.5. The van der Waals surface area contributed by atoms with Crippen molar-refractivity contribution >= 4 is 39.3 Å². The average Bonchev–Trinajstić information content (AvgIpc) is 2.97. The molecular weight excluding hydrogens is 402 g/mol. The number of carbonyl (C=O) groups is 1. The number of nitrogens with zero attached hydrogens (tertiary/aromatic N) is 5. The van der Waals surface area contributed by atoms with E-state index in [1.807, 2.05) is 0 Å².